The number of hydrogen-bond donors (Lipinski definition) is 1. The lowest BCUT2D eigenvalue weighted by molar-refractivity contribution is 0.110. The quantitative estimate of drug-likeness (QED) is 0.534. The Labute approximate surface area is 157 Å². The van der Waals surface area contributed by atoms with Crippen molar-refractivity contribution in [3.8, 4) is 11.5 Å². The van der Waals surface area contributed by atoms with Gasteiger partial charge < -0.3 is 19.5 Å². The topological polar surface area (TPSA) is 39.7 Å². The summed E-state index contributed by atoms with van der Waals surface area (Å²) in [6.45, 7) is 9.85. The molecule has 4 heteroatoms. The van der Waals surface area contributed by atoms with Crippen molar-refractivity contribution >= 4 is 5.69 Å². The maximum atomic E-state index is 5.74. The Morgan fingerprint density at radius 1 is 0.808 bits per heavy atom. The Morgan fingerprint density at radius 3 is 2.04 bits per heavy atom. The molecule has 0 aliphatic heterocycles. The standard InChI is InChI=1S/C22H31NO3/c1-4-24-15-16-26-21-9-5-19(6-10-21)17-23-20-7-11-22(12-8-20)25-14-13-18(2)3/h5-12,18,23H,4,13-17H2,1-3H3. The fourth-order valence-corrected chi connectivity index (χ4v) is 2.35. The molecule has 0 saturated heterocycles. The van der Waals surface area contributed by atoms with Crippen molar-refractivity contribution in [3.05, 3.63) is 54.1 Å². The third-order valence-corrected chi connectivity index (χ3v) is 3.94. The van der Waals surface area contributed by atoms with Gasteiger partial charge in [-0.15, -0.1) is 0 Å². The molecule has 2 rings (SSSR count). The molecule has 0 heterocycles. The van der Waals surface area contributed by atoms with Gasteiger partial charge >= 0.3 is 0 Å². The van der Waals surface area contributed by atoms with Gasteiger partial charge in [0.1, 0.15) is 18.1 Å². The highest BCUT2D eigenvalue weighted by Crippen LogP contribution is 2.18. The summed E-state index contributed by atoms with van der Waals surface area (Å²) in [6, 6.07) is 16.3. The average Bonchev–Trinajstić information content (AvgIpc) is 2.65. The van der Waals surface area contributed by atoms with Gasteiger partial charge in [0.25, 0.3) is 0 Å². The Bertz CT molecular complexity index is 608. The third kappa shape index (κ3) is 7.79. The first kappa shape index (κ1) is 20.1. The SMILES string of the molecule is CCOCCOc1ccc(CNc2ccc(OCCC(C)C)cc2)cc1. The third-order valence-electron chi connectivity index (χ3n) is 3.94. The highest BCUT2D eigenvalue weighted by Gasteiger charge is 1.99. The highest BCUT2D eigenvalue weighted by molar-refractivity contribution is 5.47. The Kier molecular flexibility index (Phi) is 8.84. The molecule has 0 saturated carbocycles. The molecule has 2 aromatic carbocycles. The normalized spacial score (nSPS) is 10.8. The van der Waals surface area contributed by atoms with E-state index in [-0.39, 0.29) is 0 Å². The van der Waals surface area contributed by atoms with E-state index < -0.39 is 0 Å². The molecule has 0 aliphatic carbocycles. The van der Waals surface area contributed by atoms with Crippen LogP contribution in [-0.4, -0.2) is 26.4 Å². The molecule has 1 N–H and O–H groups in total. The first-order valence-electron chi connectivity index (χ1n) is 9.43. The van der Waals surface area contributed by atoms with Crippen LogP contribution in [0.3, 0.4) is 0 Å². The van der Waals surface area contributed by atoms with Gasteiger partial charge in [-0.3, -0.25) is 0 Å². The summed E-state index contributed by atoms with van der Waals surface area (Å²) < 4.78 is 16.6. The summed E-state index contributed by atoms with van der Waals surface area (Å²) in [5, 5.41) is 3.43. The van der Waals surface area contributed by atoms with E-state index in [0.717, 1.165) is 43.4 Å². The molecule has 2 aromatic rings. The van der Waals surface area contributed by atoms with Crippen molar-refractivity contribution in [2.45, 2.75) is 33.7 Å². The summed E-state index contributed by atoms with van der Waals surface area (Å²) in [5.74, 6) is 2.46. The van der Waals surface area contributed by atoms with Gasteiger partial charge in [0, 0.05) is 18.8 Å². The number of benzene rings is 2. The van der Waals surface area contributed by atoms with E-state index in [1.165, 1.54) is 5.56 Å². The second-order valence-electron chi connectivity index (χ2n) is 6.60. The van der Waals surface area contributed by atoms with Gasteiger partial charge in [0.05, 0.1) is 13.2 Å². The average molecular weight is 357 g/mol. The number of nitrogens with one attached hydrogen (secondary N) is 1. The van der Waals surface area contributed by atoms with Crippen LogP contribution in [0.1, 0.15) is 32.8 Å². The number of ether oxygens (including phenoxy) is 3. The second kappa shape index (κ2) is 11.4. The fraction of sp³-hybridized carbons (Fsp3) is 0.455. The molecule has 0 radical (unpaired) electrons. The number of anilines is 1. The second-order valence-corrected chi connectivity index (χ2v) is 6.60. The van der Waals surface area contributed by atoms with Crippen LogP contribution in [0.15, 0.2) is 48.5 Å². The largest absolute Gasteiger partial charge is 0.494 e. The lowest BCUT2D eigenvalue weighted by Crippen LogP contribution is -2.06. The number of rotatable bonds is 12. The van der Waals surface area contributed by atoms with E-state index >= 15 is 0 Å². The van der Waals surface area contributed by atoms with Crippen molar-refractivity contribution in [3.63, 3.8) is 0 Å². The Balaban J connectivity index is 1.72. The van der Waals surface area contributed by atoms with E-state index in [2.05, 4.69) is 43.4 Å². The molecule has 142 valence electrons. The Morgan fingerprint density at radius 2 is 1.42 bits per heavy atom. The zero-order valence-corrected chi connectivity index (χ0v) is 16.2. The summed E-state index contributed by atoms with van der Waals surface area (Å²) in [5.41, 5.74) is 2.29. The highest BCUT2D eigenvalue weighted by atomic mass is 16.5. The van der Waals surface area contributed by atoms with Crippen molar-refractivity contribution < 1.29 is 14.2 Å². The van der Waals surface area contributed by atoms with Crippen LogP contribution in [-0.2, 0) is 11.3 Å². The summed E-state index contributed by atoms with van der Waals surface area (Å²) in [7, 11) is 0. The van der Waals surface area contributed by atoms with Gasteiger partial charge in [-0.25, -0.2) is 0 Å². The van der Waals surface area contributed by atoms with Crippen LogP contribution >= 0.6 is 0 Å². The first-order chi connectivity index (χ1) is 12.7. The van der Waals surface area contributed by atoms with Gasteiger partial charge in [0.2, 0.25) is 0 Å². The van der Waals surface area contributed by atoms with Gasteiger partial charge in [-0.2, -0.15) is 0 Å². The molecule has 0 spiro atoms. The fourth-order valence-electron chi connectivity index (χ4n) is 2.35. The minimum Gasteiger partial charge on any atom is -0.494 e. The Hall–Kier alpha value is -2.20. The minimum atomic E-state index is 0.580. The van der Waals surface area contributed by atoms with Crippen LogP contribution < -0.4 is 14.8 Å². The molecule has 4 nitrogen and oxygen atoms in total. The van der Waals surface area contributed by atoms with Crippen molar-refractivity contribution in [1.29, 1.82) is 0 Å². The van der Waals surface area contributed by atoms with Gasteiger partial charge in [0.15, 0.2) is 0 Å². The lowest BCUT2D eigenvalue weighted by atomic mass is 10.1. The summed E-state index contributed by atoms with van der Waals surface area (Å²) in [4.78, 5) is 0. The molecular weight excluding hydrogens is 326 g/mol. The molecule has 0 fully saturated rings. The van der Waals surface area contributed by atoms with Gasteiger partial charge in [-0.1, -0.05) is 26.0 Å². The monoisotopic (exact) mass is 357 g/mol. The lowest BCUT2D eigenvalue weighted by Gasteiger charge is -2.11. The first-order valence-corrected chi connectivity index (χ1v) is 9.43. The maximum Gasteiger partial charge on any atom is 0.119 e. The van der Waals surface area contributed by atoms with Crippen molar-refractivity contribution in [2.75, 3.05) is 31.7 Å². The van der Waals surface area contributed by atoms with Crippen LogP contribution in [0.25, 0.3) is 0 Å². The molecule has 0 bridgehead atoms. The minimum absolute atomic E-state index is 0.580. The van der Waals surface area contributed by atoms with Gasteiger partial charge in [-0.05, 0) is 61.2 Å². The molecule has 0 aromatic heterocycles. The van der Waals surface area contributed by atoms with Crippen LogP contribution in [0.4, 0.5) is 5.69 Å². The molecular formula is C22H31NO3. The zero-order valence-electron chi connectivity index (χ0n) is 16.2. The molecule has 0 aliphatic rings. The number of hydrogen-bond acceptors (Lipinski definition) is 4. The zero-order chi connectivity index (χ0) is 18.6. The maximum absolute atomic E-state index is 5.74. The van der Waals surface area contributed by atoms with Crippen LogP contribution in [0, 0.1) is 5.92 Å². The molecule has 0 amide bonds. The van der Waals surface area contributed by atoms with E-state index in [1.807, 2.05) is 31.2 Å². The molecule has 0 atom stereocenters. The van der Waals surface area contributed by atoms with E-state index in [9.17, 15) is 0 Å². The molecule has 26 heavy (non-hydrogen) atoms. The predicted molar refractivity (Wildman–Crippen MR) is 107 cm³/mol. The predicted octanol–water partition coefficient (Wildman–Crippen LogP) is 5.14. The van der Waals surface area contributed by atoms with Crippen molar-refractivity contribution in [2.24, 2.45) is 5.92 Å². The summed E-state index contributed by atoms with van der Waals surface area (Å²) in [6.07, 6.45) is 1.07. The van der Waals surface area contributed by atoms with Crippen LogP contribution in [0.5, 0.6) is 11.5 Å². The summed E-state index contributed by atoms with van der Waals surface area (Å²) >= 11 is 0. The van der Waals surface area contributed by atoms with Crippen molar-refractivity contribution in [1.82, 2.24) is 0 Å². The van der Waals surface area contributed by atoms with E-state index in [1.54, 1.807) is 0 Å². The van der Waals surface area contributed by atoms with E-state index in [0.29, 0.717) is 19.1 Å². The molecule has 0 unspecified atom stereocenters. The van der Waals surface area contributed by atoms with E-state index in [4.69, 9.17) is 14.2 Å². The smallest absolute Gasteiger partial charge is 0.119 e. The van der Waals surface area contributed by atoms with Crippen LogP contribution in [0.2, 0.25) is 0 Å².